The molecule has 0 aliphatic carbocycles. The average Bonchev–Trinajstić information content (AvgIpc) is 3.04. The van der Waals surface area contributed by atoms with Crippen LogP contribution in [0.25, 0.3) is 5.57 Å². The first kappa shape index (κ1) is 23.9. The van der Waals surface area contributed by atoms with Crippen molar-refractivity contribution in [1.29, 1.82) is 0 Å². The second-order valence-corrected chi connectivity index (χ2v) is 9.76. The number of ether oxygens (including phenoxy) is 2. The molecule has 0 spiro atoms. The van der Waals surface area contributed by atoms with Crippen LogP contribution in [0.1, 0.15) is 42.4 Å². The van der Waals surface area contributed by atoms with Gasteiger partial charge in [0.2, 0.25) is 5.88 Å². The molecule has 1 aromatic heterocycles. The van der Waals surface area contributed by atoms with Gasteiger partial charge in [0.15, 0.2) is 0 Å². The molecule has 1 saturated heterocycles. The van der Waals surface area contributed by atoms with Gasteiger partial charge in [-0.1, -0.05) is 35.9 Å². The molecule has 0 radical (unpaired) electrons. The van der Waals surface area contributed by atoms with Crippen LogP contribution in [0.5, 0.6) is 17.4 Å². The predicted molar refractivity (Wildman–Crippen MR) is 139 cm³/mol. The molecular weight excluding hydrogens is 460 g/mol. The number of halogens is 1. The van der Waals surface area contributed by atoms with Crippen molar-refractivity contribution in [1.82, 2.24) is 9.88 Å². The first-order valence-corrected chi connectivity index (χ1v) is 12.6. The Balaban J connectivity index is 1.22. The largest absolute Gasteiger partial charge is 0.496 e. The summed E-state index contributed by atoms with van der Waals surface area (Å²) in [5.41, 5.74) is 3.51. The molecule has 1 N–H and O–H groups in total. The summed E-state index contributed by atoms with van der Waals surface area (Å²) in [7, 11) is 1.70. The van der Waals surface area contributed by atoms with E-state index in [2.05, 4.69) is 22.0 Å². The smallest absolute Gasteiger partial charge is 0.226 e. The van der Waals surface area contributed by atoms with Crippen LogP contribution in [-0.4, -0.2) is 41.7 Å². The van der Waals surface area contributed by atoms with Crippen molar-refractivity contribution in [2.75, 3.05) is 26.7 Å². The highest BCUT2D eigenvalue weighted by atomic mass is 35.5. The van der Waals surface area contributed by atoms with Crippen LogP contribution >= 0.6 is 11.6 Å². The molecule has 5 nitrogen and oxygen atoms in total. The molecule has 2 aliphatic rings. The zero-order valence-electron chi connectivity index (χ0n) is 20.0. The van der Waals surface area contributed by atoms with Crippen LogP contribution in [0.4, 0.5) is 0 Å². The summed E-state index contributed by atoms with van der Waals surface area (Å²) in [6.07, 6.45) is 8.33. The van der Waals surface area contributed by atoms with Crippen LogP contribution in [0.2, 0.25) is 5.02 Å². The SMILES string of the molecule is COc1cccc2c1C/C(=C\CCCN1CCC(O)(c3ccc(Cl)cc3)CC1)c1cccnc1O2. The summed E-state index contributed by atoms with van der Waals surface area (Å²) in [6, 6.07) is 17.5. The van der Waals surface area contributed by atoms with E-state index in [1.165, 1.54) is 5.57 Å². The lowest BCUT2D eigenvalue weighted by Gasteiger charge is -2.38. The Morgan fingerprint density at radius 3 is 2.69 bits per heavy atom. The maximum Gasteiger partial charge on any atom is 0.226 e. The van der Waals surface area contributed by atoms with Gasteiger partial charge in [-0.25, -0.2) is 4.98 Å². The van der Waals surface area contributed by atoms with Crippen molar-refractivity contribution in [2.45, 2.75) is 37.7 Å². The predicted octanol–water partition coefficient (Wildman–Crippen LogP) is 6.24. The van der Waals surface area contributed by atoms with Gasteiger partial charge in [0.25, 0.3) is 0 Å². The molecule has 2 aliphatic heterocycles. The Morgan fingerprint density at radius 1 is 1.11 bits per heavy atom. The summed E-state index contributed by atoms with van der Waals surface area (Å²) >= 11 is 6.01. The molecule has 0 unspecified atom stereocenters. The minimum atomic E-state index is -0.757. The highest BCUT2D eigenvalue weighted by molar-refractivity contribution is 6.30. The fourth-order valence-corrected chi connectivity index (χ4v) is 5.21. The monoisotopic (exact) mass is 490 g/mol. The molecule has 0 bridgehead atoms. The van der Waals surface area contributed by atoms with E-state index in [1.54, 1.807) is 13.3 Å². The molecule has 2 aromatic carbocycles. The van der Waals surface area contributed by atoms with Crippen molar-refractivity contribution < 1.29 is 14.6 Å². The van der Waals surface area contributed by atoms with E-state index in [0.29, 0.717) is 10.9 Å². The van der Waals surface area contributed by atoms with Gasteiger partial charge in [-0.15, -0.1) is 0 Å². The van der Waals surface area contributed by atoms with Crippen LogP contribution in [0.15, 0.2) is 66.9 Å². The van der Waals surface area contributed by atoms with Crippen molar-refractivity contribution in [3.63, 3.8) is 0 Å². The fourth-order valence-electron chi connectivity index (χ4n) is 5.08. The molecule has 182 valence electrons. The molecule has 35 heavy (non-hydrogen) atoms. The summed E-state index contributed by atoms with van der Waals surface area (Å²) in [6.45, 7) is 2.79. The molecule has 1 fully saturated rings. The van der Waals surface area contributed by atoms with Gasteiger partial charge >= 0.3 is 0 Å². The van der Waals surface area contributed by atoms with Gasteiger partial charge in [0.05, 0.1) is 12.7 Å². The fraction of sp³-hybridized carbons (Fsp3) is 0.345. The Bertz CT molecular complexity index is 1200. The van der Waals surface area contributed by atoms with Crippen molar-refractivity contribution in [3.05, 3.63) is 88.6 Å². The van der Waals surface area contributed by atoms with E-state index in [4.69, 9.17) is 21.1 Å². The minimum absolute atomic E-state index is 0.642. The number of likely N-dealkylation sites (tertiary alicyclic amines) is 1. The number of aromatic nitrogens is 1. The molecule has 0 amide bonds. The number of hydrogen-bond acceptors (Lipinski definition) is 5. The Labute approximate surface area is 212 Å². The van der Waals surface area contributed by atoms with Gasteiger partial charge in [0.1, 0.15) is 11.5 Å². The molecule has 3 heterocycles. The zero-order chi connectivity index (χ0) is 24.3. The Kier molecular flexibility index (Phi) is 7.09. The van der Waals surface area contributed by atoms with Gasteiger partial charge in [-0.05, 0) is 79.8 Å². The number of pyridine rings is 1. The standard InChI is InChI=1S/C29H31ClN2O3/c1-34-26-8-4-9-27-25(26)20-21(24-7-5-16-31-28(24)35-27)6-2-3-17-32-18-14-29(33,15-19-32)22-10-12-23(30)13-11-22/h4-13,16,33H,2-3,14-15,17-20H2,1H3/b21-6+. The number of rotatable bonds is 6. The maximum atomic E-state index is 11.1. The molecular formula is C29H31ClN2O3. The molecule has 0 atom stereocenters. The highest BCUT2D eigenvalue weighted by Gasteiger charge is 2.33. The zero-order valence-corrected chi connectivity index (χ0v) is 20.8. The number of allylic oxidation sites excluding steroid dienone is 2. The van der Waals surface area contributed by atoms with E-state index in [1.807, 2.05) is 48.5 Å². The third-order valence-corrected chi connectivity index (χ3v) is 7.39. The molecule has 3 aromatic rings. The van der Waals surface area contributed by atoms with E-state index in [9.17, 15) is 5.11 Å². The van der Waals surface area contributed by atoms with Crippen LogP contribution in [0, 0.1) is 0 Å². The second-order valence-electron chi connectivity index (χ2n) is 9.32. The van der Waals surface area contributed by atoms with E-state index in [-0.39, 0.29) is 0 Å². The number of piperidine rings is 1. The minimum Gasteiger partial charge on any atom is -0.496 e. The average molecular weight is 491 g/mol. The maximum absolute atomic E-state index is 11.1. The Hall–Kier alpha value is -2.86. The van der Waals surface area contributed by atoms with Crippen LogP contribution in [-0.2, 0) is 12.0 Å². The highest BCUT2D eigenvalue weighted by Crippen LogP contribution is 2.41. The van der Waals surface area contributed by atoms with Crippen LogP contribution in [0.3, 0.4) is 0 Å². The van der Waals surface area contributed by atoms with E-state index < -0.39 is 5.60 Å². The molecule has 0 saturated carbocycles. The number of hydrogen-bond donors (Lipinski definition) is 1. The lowest BCUT2D eigenvalue weighted by molar-refractivity contribution is -0.0259. The summed E-state index contributed by atoms with van der Waals surface area (Å²) < 4.78 is 11.8. The number of aliphatic hydroxyl groups is 1. The topological polar surface area (TPSA) is 54.8 Å². The lowest BCUT2D eigenvalue weighted by atomic mass is 9.84. The number of unbranched alkanes of at least 4 members (excludes halogenated alkanes) is 1. The van der Waals surface area contributed by atoms with Crippen molar-refractivity contribution >= 4 is 17.2 Å². The van der Waals surface area contributed by atoms with Gasteiger partial charge < -0.3 is 19.5 Å². The third-order valence-electron chi connectivity index (χ3n) is 7.13. The Morgan fingerprint density at radius 2 is 1.91 bits per heavy atom. The van der Waals surface area contributed by atoms with Crippen LogP contribution < -0.4 is 9.47 Å². The number of methoxy groups -OCH3 is 1. The van der Waals surface area contributed by atoms with Crippen molar-refractivity contribution in [2.24, 2.45) is 0 Å². The van der Waals surface area contributed by atoms with Gasteiger partial charge in [0, 0.05) is 41.9 Å². The number of benzene rings is 2. The first-order chi connectivity index (χ1) is 17.1. The van der Waals surface area contributed by atoms with E-state index >= 15 is 0 Å². The second kappa shape index (κ2) is 10.4. The summed E-state index contributed by atoms with van der Waals surface area (Å²) in [4.78, 5) is 6.94. The molecule has 5 rings (SSSR count). The number of nitrogens with zero attached hydrogens (tertiary/aromatic N) is 2. The molecule has 6 heteroatoms. The van der Waals surface area contributed by atoms with Gasteiger partial charge in [-0.3, -0.25) is 0 Å². The summed E-state index contributed by atoms with van der Waals surface area (Å²) in [5.74, 6) is 2.28. The van der Waals surface area contributed by atoms with Crippen molar-refractivity contribution in [3.8, 4) is 17.4 Å². The lowest BCUT2D eigenvalue weighted by Crippen LogP contribution is -2.42. The van der Waals surface area contributed by atoms with Gasteiger partial charge in [-0.2, -0.15) is 0 Å². The van der Waals surface area contributed by atoms with E-state index in [0.717, 1.165) is 79.9 Å². The third kappa shape index (κ3) is 5.22. The first-order valence-electron chi connectivity index (χ1n) is 12.2. The number of fused-ring (bicyclic) bond motifs is 2. The normalized spacial score (nSPS) is 18.3. The quantitative estimate of drug-likeness (QED) is 0.414. The summed E-state index contributed by atoms with van der Waals surface area (Å²) in [5, 5.41) is 11.8.